The van der Waals surface area contributed by atoms with E-state index in [9.17, 15) is 4.79 Å². The topological polar surface area (TPSA) is 79.3 Å². The van der Waals surface area contributed by atoms with Gasteiger partial charge < -0.3 is 5.73 Å². The Labute approximate surface area is 46.9 Å². The van der Waals surface area contributed by atoms with Crippen molar-refractivity contribution in [1.82, 2.24) is 0 Å². The zero-order chi connectivity index (χ0) is 6.57. The summed E-state index contributed by atoms with van der Waals surface area (Å²) in [5.41, 5.74) is 5.02. The van der Waals surface area contributed by atoms with Crippen molar-refractivity contribution in [2.24, 2.45) is 10.7 Å². The number of carbonyl (C=O) groups excluding carboxylic acids is 1. The minimum absolute atomic E-state index is 0.224. The summed E-state index contributed by atoms with van der Waals surface area (Å²) in [7, 11) is 0. The number of hydrogen-bond acceptors (Lipinski definition) is 2. The van der Waals surface area contributed by atoms with Gasteiger partial charge in [0.05, 0.1) is 5.84 Å². The lowest BCUT2D eigenvalue weighted by Gasteiger charge is -1.83. The van der Waals surface area contributed by atoms with Crippen molar-refractivity contribution < 1.29 is 4.79 Å². The van der Waals surface area contributed by atoms with E-state index in [-0.39, 0.29) is 11.7 Å². The summed E-state index contributed by atoms with van der Waals surface area (Å²) in [6.45, 7) is 1.51. The van der Waals surface area contributed by atoms with Gasteiger partial charge in [-0.2, -0.15) is 0 Å². The molecule has 0 aromatic rings. The number of rotatable bonds is 1. The van der Waals surface area contributed by atoms with Crippen molar-refractivity contribution in [1.29, 1.82) is 5.41 Å². The zero-order valence-electron chi connectivity index (χ0n) is 4.51. The first-order chi connectivity index (χ1) is 3.66. The van der Waals surface area contributed by atoms with Crippen molar-refractivity contribution in [3.05, 3.63) is 0 Å². The molecule has 0 aromatic carbocycles. The van der Waals surface area contributed by atoms with Gasteiger partial charge in [0.15, 0.2) is 12.1 Å². The normalized spacial score (nSPS) is 10.9. The standard InChI is InChI=1S/C4H7N3O/c1-3(5)7-4(6)2-8/h2H,1H3,(H3,5,6,7). The fraction of sp³-hybridized carbons (Fsp3) is 0.250. The Bertz CT molecular complexity index is 134. The summed E-state index contributed by atoms with van der Waals surface area (Å²) in [6.07, 6.45) is 0.330. The van der Waals surface area contributed by atoms with Gasteiger partial charge in [0.1, 0.15) is 0 Å². The fourth-order valence-corrected chi connectivity index (χ4v) is 0.216. The van der Waals surface area contributed by atoms with Crippen LogP contribution < -0.4 is 5.73 Å². The number of aldehydes is 1. The highest BCUT2D eigenvalue weighted by Crippen LogP contribution is 1.68. The summed E-state index contributed by atoms with van der Waals surface area (Å²) < 4.78 is 0. The van der Waals surface area contributed by atoms with Crippen LogP contribution >= 0.6 is 0 Å². The molecule has 0 amide bonds. The molecule has 8 heavy (non-hydrogen) atoms. The summed E-state index contributed by atoms with van der Waals surface area (Å²) >= 11 is 0. The van der Waals surface area contributed by atoms with Gasteiger partial charge in [-0.3, -0.25) is 10.2 Å². The molecule has 0 aliphatic heterocycles. The van der Waals surface area contributed by atoms with Gasteiger partial charge in [-0.15, -0.1) is 0 Å². The van der Waals surface area contributed by atoms with Crippen LogP contribution in [-0.2, 0) is 4.79 Å². The first-order valence-corrected chi connectivity index (χ1v) is 2.01. The van der Waals surface area contributed by atoms with Crippen LogP contribution in [0, 0.1) is 5.41 Å². The molecule has 0 spiro atoms. The van der Waals surface area contributed by atoms with Crippen molar-refractivity contribution in [3.8, 4) is 0 Å². The molecule has 0 unspecified atom stereocenters. The third kappa shape index (κ3) is 3.02. The van der Waals surface area contributed by atoms with Gasteiger partial charge in [-0.1, -0.05) is 0 Å². The average Bonchev–Trinajstić information content (AvgIpc) is 1.65. The summed E-state index contributed by atoms with van der Waals surface area (Å²) in [6, 6.07) is 0. The molecule has 0 aromatic heterocycles. The Morgan fingerprint density at radius 2 is 2.38 bits per heavy atom. The second kappa shape index (κ2) is 2.90. The molecule has 0 atom stereocenters. The van der Waals surface area contributed by atoms with Crippen LogP contribution in [0.4, 0.5) is 0 Å². The van der Waals surface area contributed by atoms with Crippen molar-refractivity contribution >= 4 is 18.0 Å². The van der Waals surface area contributed by atoms with Crippen LogP contribution in [-0.4, -0.2) is 18.0 Å². The largest absolute Gasteiger partial charge is 0.387 e. The van der Waals surface area contributed by atoms with Crippen LogP contribution in [0.1, 0.15) is 6.92 Å². The molecule has 0 aliphatic rings. The Kier molecular flexibility index (Phi) is 2.47. The maximum Gasteiger partial charge on any atom is 0.186 e. The second-order valence-electron chi connectivity index (χ2n) is 1.26. The number of nitrogens with zero attached hydrogens (tertiary/aromatic N) is 1. The number of carbonyl (C=O) groups is 1. The molecule has 0 bridgehead atoms. The predicted octanol–water partition coefficient (Wildman–Crippen LogP) is -0.460. The second-order valence-corrected chi connectivity index (χ2v) is 1.26. The number of nitrogens with one attached hydrogen (secondary N) is 1. The van der Waals surface area contributed by atoms with Crippen molar-refractivity contribution in [2.75, 3.05) is 0 Å². The molecule has 0 heterocycles. The molecule has 0 radical (unpaired) electrons. The Balaban J connectivity index is 3.89. The zero-order valence-corrected chi connectivity index (χ0v) is 4.51. The molecular formula is C4H7N3O. The summed E-state index contributed by atoms with van der Waals surface area (Å²) in [5, 5.41) is 6.63. The maximum atomic E-state index is 9.65. The highest BCUT2D eigenvalue weighted by atomic mass is 16.1. The van der Waals surface area contributed by atoms with Crippen LogP contribution in [0.5, 0.6) is 0 Å². The third-order valence-corrected chi connectivity index (χ3v) is 0.408. The molecule has 44 valence electrons. The fourth-order valence-electron chi connectivity index (χ4n) is 0.216. The van der Waals surface area contributed by atoms with E-state index >= 15 is 0 Å². The first-order valence-electron chi connectivity index (χ1n) is 2.01. The summed E-state index contributed by atoms with van der Waals surface area (Å²) in [5.74, 6) is -0.118. The number of hydrogen-bond donors (Lipinski definition) is 2. The molecule has 0 aliphatic carbocycles. The van der Waals surface area contributed by atoms with Gasteiger partial charge in [-0.05, 0) is 6.92 Å². The Hall–Kier alpha value is -1.19. The number of aliphatic imine (C=N–C) groups is 1. The van der Waals surface area contributed by atoms with E-state index in [2.05, 4.69) is 4.99 Å². The van der Waals surface area contributed by atoms with E-state index in [0.29, 0.717) is 6.29 Å². The van der Waals surface area contributed by atoms with E-state index in [1.165, 1.54) is 6.92 Å². The first kappa shape index (κ1) is 6.81. The van der Waals surface area contributed by atoms with E-state index in [0.717, 1.165) is 0 Å². The maximum absolute atomic E-state index is 9.65. The van der Waals surface area contributed by atoms with Gasteiger partial charge in [0, 0.05) is 0 Å². The number of amidine groups is 2. The van der Waals surface area contributed by atoms with E-state index < -0.39 is 0 Å². The van der Waals surface area contributed by atoms with E-state index in [1.807, 2.05) is 0 Å². The minimum atomic E-state index is -0.343. The lowest BCUT2D eigenvalue weighted by atomic mass is 10.6. The lowest BCUT2D eigenvalue weighted by molar-refractivity contribution is -0.102. The Morgan fingerprint density at radius 1 is 1.88 bits per heavy atom. The van der Waals surface area contributed by atoms with Gasteiger partial charge in [-0.25, -0.2) is 4.99 Å². The SMILES string of the molecule is CC(N)=NC(=N)C=O. The molecule has 0 rings (SSSR count). The molecule has 3 N–H and O–H groups in total. The lowest BCUT2D eigenvalue weighted by Crippen LogP contribution is -2.08. The molecule has 0 saturated carbocycles. The molecule has 0 saturated heterocycles. The Morgan fingerprint density at radius 3 is 2.50 bits per heavy atom. The van der Waals surface area contributed by atoms with Crippen molar-refractivity contribution in [3.63, 3.8) is 0 Å². The summed E-state index contributed by atoms with van der Waals surface area (Å²) in [4.78, 5) is 13.0. The monoisotopic (exact) mass is 113 g/mol. The average molecular weight is 113 g/mol. The predicted molar refractivity (Wildman–Crippen MR) is 31.1 cm³/mol. The highest BCUT2D eigenvalue weighted by Gasteiger charge is 1.85. The number of nitrogens with two attached hydrogens (primary N) is 1. The van der Waals surface area contributed by atoms with Gasteiger partial charge >= 0.3 is 0 Å². The van der Waals surface area contributed by atoms with Gasteiger partial charge in [0.25, 0.3) is 0 Å². The molecular weight excluding hydrogens is 106 g/mol. The van der Waals surface area contributed by atoms with Crippen LogP contribution in [0.15, 0.2) is 4.99 Å². The smallest absolute Gasteiger partial charge is 0.186 e. The molecule has 4 heteroatoms. The minimum Gasteiger partial charge on any atom is -0.387 e. The van der Waals surface area contributed by atoms with Gasteiger partial charge in [0.2, 0.25) is 0 Å². The van der Waals surface area contributed by atoms with E-state index in [1.54, 1.807) is 0 Å². The van der Waals surface area contributed by atoms with Crippen LogP contribution in [0.3, 0.4) is 0 Å². The quantitative estimate of drug-likeness (QED) is 0.274. The molecule has 0 fully saturated rings. The third-order valence-electron chi connectivity index (χ3n) is 0.408. The highest BCUT2D eigenvalue weighted by molar-refractivity contribution is 6.28. The van der Waals surface area contributed by atoms with Crippen LogP contribution in [0.2, 0.25) is 0 Å². The molecule has 4 nitrogen and oxygen atoms in total. The van der Waals surface area contributed by atoms with Crippen molar-refractivity contribution in [2.45, 2.75) is 6.92 Å². The van der Waals surface area contributed by atoms with Crippen LogP contribution in [0.25, 0.3) is 0 Å². The van der Waals surface area contributed by atoms with E-state index in [4.69, 9.17) is 11.1 Å².